The molecule has 0 radical (unpaired) electrons. The lowest BCUT2D eigenvalue weighted by Crippen LogP contribution is -2.64. The summed E-state index contributed by atoms with van der Waals surface area (Å²) < 4.78 is 5.52. The van der Waals surface area contributed by atoms with Crippen LogP contribution in [0.15, 0.2) is 27.3 Å². The summed E-state index contributed by atoms with van der Waals surface area (Å²) in [5.74, 6) is 1.55. The first-order valence-electron chi connectivity index (χ1n) is 8.80. The van der Waals surface area contributed by atoms with Crippen LogP contribution in [0.1, 0.15) is 28.3 Å². The average Bonchev–Trinajstić information content (AvgIpc) is 3.31. The maximum absolute atomic E-state index is 13.0. The minimum Gasteiger partial charge on any atom is -0.466 e. The Morgan fingerprint density at radius 1 is 1.31 bits per heavy atom. The Hall–Kier alpha value is -2.12. The van der Waals surface area contributed by atoms with Crippen LogP contribution in [-0.4, -0.2) is 60.4 Å². The molecule has 0 unspecified atom stereocenters. The Balaban J connectivity index is 1.56. The third-order valence-electron chi connectivity index (χ3n) is 5.64. The van der Waals surface area contributed by atoms with Gasteiger partial charge in [0.1, 0.15) is 11.5 Å². The van der Waals surface area contributed by atoms with Crippen molar-refractivity contribution in [3.63, 3.8) is 0 Å². The number of likely N-dealkylation sites (tertiary alicyclic amines) is 1. The molecule has 2 aliphatic rings. The molecule has 26 heavy (non-hydrogen) atoms. The molecular weight excluding hydrogens is 350 g/mol. The van der Waals surface area contributed by atoms with Crippen LogP contribution in [0.25, 0.3) is 0 Å². The number of amides is 2. The molecule has 0 aromatic carbocycles. The van der Waals surface area contributed by atoms with E-state index in [0.29, 0.717) is 37.5 Å². The zero-order valence-corrected chi connectivity index (χ0v) is 16.1. The van der Waals surface area contributed by atoms with Gasteiger partial charge >= 0.3 is 0 Å². The van der Waals surface area contributed by atoms with E-state index in [1.165, 1.54) is 0 Å². The Morgan fingerprint density at radius 2 is 2.12 bits per heavy atom. The topological polar surface area (TPSA) is 57.0 Å². The standard InChI is InChI=1S/C19H23N3O3S/c1-13-8-16(14(2)25-13)18(24)21-6-5-19(11-21)12-22(15-4-7-26-10-15)17(23)9-20(19)3/h4,7-8,10H,5-6,9,11-12H2,1-3H3/t19-/m0/s1. The van der Waals surface area contributed by atoms with Crippen molar-refractivity contribution < 1.29 is 14.0 Å². The molecule has 2 amide bonds. The fraction of sp³-hybridized carbons (Fsp3) is 0.474. The molecule has 2 aromatic heterocycles. The number of anilines is 1. The van der Waals surface area contributed by atoms with Crippen LogP contribution in [0.2, 0.25) is 0 Å². The van der Waals surface area contributed by atoms with E-state index in [1.807, 2.05) is 53.6 Å². The molecular formula is C19H23N3O3S. The van der Waals surface area contributed by atoms with Gasteiger partial charge in [0.2, 0.25) is 5.91 Å². The molecule has 0 saturated carbocycles. The van der Waals surface area contributed by atoms with E-state index < -0.39 is 0 Å². The summed E-state index contributed by atoms with van der Waals surface area (Å²) in [5.41, 5.74) is 1.40. The zero-order chi connectivity index (χ0) is 18.5. The summed E-state index contributed by atoms with van der Waals surface area (Å²) in [6.45, 7) is 6.00. The molecule has 0 bridgehead atoms. The third-order valence-corrected chi connectivity index (χ3v) is 6.32. The number of likely N-dealkylation sites (N-methyl/N-ethyl adjacent to an activating group) is 1. The Labute approximate surface area is 157 Å². The summed E-state index contributed by atoms with van der Waals surface area (Å²) in [5, 5.41) is 3.99. The maximum atomic E-state index is 13.0. The Kier molecular flexibility index (Phi) is 4.16. The predicted molar refractivity (Wildman–Crippen MR) is 101 cm³/mol. The zero-order valence-electron chi connectivity index (χ0n) is 15.3. The molecule has 2 aromatic rings. The summed E-state index contributed by atoms with van der Waals surface area (Å²) in [6, 6.07) is 3.80. The van der Waals surface area contributed by atoms with Crippen molar-refractivity contribution in [1.29, 1.82) is 0 Å². The minimum absolute atomic E-state index is 0.0172. The number of rotatable bonds is 2. The van der Waals surface area contributed by atoms with E-state index in [1.54, 1.807) is 11.3 Å². The third kappa shape index (κ3) is 2.75. The van der Waals surface area contributed by atoms with Gasteiger partial charge in [-0.15, -0.1) is 0 Å². The normalized spacial score (nSPS) is 24.0. The number of nitrogens with zero attached hydrogens (tertiary/aromatic N) is 3. The van der Waals surface area contributed by atoms with E-state index >= 15 is 0 Å². The number of thiophene rings is 1. The van der Waals surface area contributed by atoms with Gasteiger partial charge in [0.15, 0.2) is 0 Å². The van der Waals surface area contributed by atoms with E-state index in [9.17, 15) is 9.59 Å². The number of hydrogen-bond acceptors (Lipinski definition) is 5. The highest BCUT2D eigenvalue weighted by Gasteiger charge is 2.49. The molecule has 138 valence electrons. The van der Waals surface area contributed by atoms with Gasteiger partial charge in [-0.1, -0.05) is 0 Å². The summed E-state index contributed by atoms with van der Waals surface area (Å²) >= 11 is 1.59. The first kappa shape index (κ1) is 17.3. The van der Waals surface area contributed by atoms with Crippen molar-refractivity contribution in [3.05, 3.63) is 40.0 Å². The Morgan fingerprint density at radius 3 is 2.77 bits per heavy atom. The predicted octanol–water partition coefficient (Wildman–Crippen LogP) is 2.52. The van der Waals surface area contributed by atoms with Crippen LogP contribution >= 0.6 is 11.3 Å². The number of carbonyl (C=O) groups excluding carboxylic acids is 2. The van der Waals surface area contributed by atoms with Crippen molar-refractivity contribution in [2.75, 3.05) is 38.1 Å². The summed E-state index contributed by atoms with van der Waals surface area (Å²) in [4.78, 5) is 31.4. The van der Waals surface area contributed by atoms with E-state index in [4.69, 9.17) is 4.42 Å². The van der Waals surface area contributed by atoms with Gasteiger partial charge in [-0.3, -0.25) is 14.5 Å². The Bertz CT molecular complexity index is 844. The average molecular weight is 373 g/mol. The number of piperazine rings is 1. The van der Waals surface area contributed by atoms with E-state index in [-0.39, 0.29) is 17.4 Å². The van der Waals surface area contributed by atoms with Crippen molar-refractivity contribution in [3.8, 4) is 0 Å². The van der Waals surface area contributed by atoms with Crippen LogP contribution < -0.4 is 4.90 Å². The lowest BCUT2D eigenvalue weighted by molar-refractivity contribution is -0.123. The molecule has 2 saturated heterocycles. The van der Waals surface area contributed by atoms with Gasteiger partial charge in [-0.25, -0.2) is 0 Å². The monoisotopic (exact) mass is 373 g/mol. The lowest BCUT2D eigenvalue weighted by Gasteiger charge is -2.46. The smallest absolute Gasteiger partial charge is 0.257 e. The summed E-state index contributed by atoms with van der Waals surface area (Å²) in [6.07, 6.45) is 0.860. The van der Waals surface area contributed by atoms with Gasteiger partial charge in [0.25, 0.3) is 5.91 Å². The van der Waals surface area contributed by atoms with Crippen molar-refractivity contribution in [1.82, 2.24) is 9.80 Å². The highest BCUT2D eigenvalue weighted by molar-refractivity contribution is 7.08. The molecule has 6 nitrogen and oxygen atoms in total. The number of carbonyl (C=O) groups is 2. The van der Waals surface area contributed by atoms with Crippen LogP contribution in [0.4, 0.5) is 5.69 Å². The fourth-order valence-corrected chi connectivity index (χ4v) is 4.73. The minimum atomic E-state index is -0.196. The van der Waals surface area contributed by atoms with E-state index in [0.717, 1.165) is 17.9 Å². The number of hydrogen-bond donors (Lipinski definition) is 0. The second kappa shape index (κ2) is 6.25. The second-order valence-electron chi connectivity index (χ2n) is 7.35. The molecule has 2 fully saturated rings. The van der Waals surface area contributed by atoms with Gasteiger partial charge in [0, 0.05) is 25.0 Å². The molecule has 2 aliphatic heterocycles. The van der Waals surface area contributed by atoms with Gasteiger partial charge < -0.3 is 14.2 Å². The van der Waals surface area contributed by atoms with Gasteiger partial charge in [-0.2, -0.15) is 11.3 Å². The number of furan rings is 1. The molecule has 0 N–H and O–H groups in total. The molecule has 7 heteroatoms. The molecule has 4 rings (SSSR count). The lowest BCUT2D eigenvalue weighted by atomic mass is 9.93. The fourth-order valence-electron chi connectivity index (χ4n) is 4.09. The first-order valence-corrected chi connectivity index (χ1v) is 9.74. The van der Waals surface area contributed by atoms with Crippen molar-refractivity contribution in [2.24, 2.45) is 0 Å². The van der Waals surface area contributed by atoms with Crippen LogP contribution in [-0.2, 0) is 4.79 Å². The van der Waals surface area contributed by atoms with Crippen molar-refractivity contribution >= 4 is 28.8 Å². The highest BCUT2D eigenvalue weighted by Crippen LogP contribution is 2.35. The summed E-state index contributed by atoms with van der Waals surface area (Å²) in [7, 11) is 1.99. The second-order valence-corrected chi connectivity index (χ2v) is 8.13. The molecule has 1 atom stereocenters. The van der Waals surface area contributed by atoms with Gasteiger partial charge in [0.05, 0.1) is 23.3 Å². The van der Waals surface area contributed by atoms with Crippen LogP contribution in [0.3, 0.4) is 0 Å². The molecule has 1 spiro atoms. The van der Waals surface area contributed by atoms with Crippen LogP contribution in [0.5, 0.6) is 0 Å². The largest absolute Gasteiger partial charge is 0.466 e. The quantitative estimate of drug-likeness (QED) is 0.812. The first-order chi connectivity index (χ1) is 12.4. The SMILES string of the molecule is Cc1cc(C(=O)N2CC[C@]3(C2)CN(c2ccsc2)C(=O)CN3C)c(C)o1. The van der Waals surface area contributed by atoms with Gasteiger partial charge in [-0.05, 0) is 44.8 Å². The van der Waals surface area contributed by atoms with E-state index in [2.05, 4.69) is 4.90 Å². The molecule has 4 heterocycles. The maximum Gasteiger partial charge on any atom is 0.257 e. The van der Waals surface area contributed by atoms with Crippen LogP contribution in [0, 0.1) is 13.8 Å². The number of aryl methyl sites for hydroxylation is 2. The molecule has 0 aliphatic carbocycles. The van der Waals surface area contributed by atoms with Crippen molar-refractivity contribution in [2.45, 2.75) is 25.8 Å². The highest BCUT2D eigenvalue weighted by atomic mass is 32.1.